The van der Waals surface area contributed by atoms with Crippen LogP contribution >= 0.6 is 6.19 Å². The second-order valence-electron chi connectivity index (χ2n) is 4.81. The zero-order chi connectivity index (χ0) is 13.8. The monoisotopic (exact) mass is 303 g/mol. The quantitative estimate of drug-likeness (QED) is 0.808. The summed E-state index contributed by atoms with van der Waals surface area (Å²) in [5, 5.41) is 2.53. The molecule has 0 N–H and O–H groups in total. The van der Waals surface area contributed by atoms with Gasteiger partial charge in [-0.3, -0.25) is 4.67 Å². The van der Waals surface area contributed by atoms with E-state index < -0.39 is 6.19 Å². The van der Waals surface area contributed by atoms with E-state index in [4.69, 9.17) is 16.5 Å². The maximum absolute atomic E-state index is 6.24. The molecule has 0 spiro atoms. The van der Waals surface area contributed by atoms with Crippen LogP contribution in [-0.2, 0) is 16.5 Å². The second kappa shape index (κ2) is 6.19. The molecule has 0 unspecified atom stereocenters. The van der Waals surface area contributed by atoms with Gasteiger partial charge in [-0.15, -0.1) is 0 Å². The summed E-state index contributed by atoms with van der Waals surface area (Å²) in [5.41, 5.74) is 0. The fraction of sp³-hybridized carbons (Fsp3) is 0.250. The van der Waals surface area contributed by atoms with Crippen molar-refractivity contribution in [1.82, 2.24) is 4.67 Å². The van der Waals surface area contributed by atoms with Crippen molar-refractivity contribution in [3.05, 3.63) is 60.7 Å². The van der Waals surface area contributed by atoms with Gasteiger partial charge in [0.1, 0.15) is 0 Å². The molecule has 104 valence electrons. The summed E-state index contributed by atoms with van der Waals surface area (Å²) in [6.07, 6.45) is -1.91. The number of nitrogens with zero attached hydrogens (tertiary/aromatic N) is 1. The lowest BCUT2D eigenvalue weighted by Gasteiger charge is -2.38. The van der Waals surface area contributed by atoms with Crippen molar-refractivity contribution in [3.63, 3.8) is 0 Å². The fourth-order valence-electron chi connectivity index (χ4n) is 2.57. The van der Waals surface area contributed by atoms with Crippen LogP contribution in [0.3, 0.4) is 0 Å². The molecule has 0 aliphatic carbocycles. The van der Waals surface area contributed by atoms with E-state index in [1.807, 2.05) is 12.1 Å². The summed E-state index contributed by atoms with van der Waals surface area (Å²) in [5.74, 6) is 0. The second-order valence-corrected chi connectivity index (χ2v) is 9.15. The first-order chi connectivity index (χ1) is 9.82. The van der Waals surface area contributed by atoms with Crippen molar-refractivity contribution in [2.75, 3.05) is 26.3 Å². The van der Waals surface area contributed by atoms with Crippen molar-refractivity contribution in [2.24, 2.45) is 0 Å². The number of morpholine rings is 1. The van der Waals surface area contributed by atoms with E-state index in [1.54, 1.807) is 0 Å². The van der Waals surface area contributed by atoms with Gasteiger partial charge in [-0.05, 0) is 0 Å². The minimum Gasteiger partial charge on any atom is -0.379 e. The predicted molar refractivity (Wildman–Crippen MR) is 88.8 cm³/mol. The van der Waals surface area contributed by atoms with E-state index in [0.29, 0.717) is 0 Å². The van der Waals surface area contributed by atoms with E-state index in [-0.39, 0.29) is 0 Å². The molecule has 1 aliphatic heterocycles. The predicted octanol–water partition coefficient (Wildman–Crippen LogP) is 2.36. The number of rotatable bonds is 3. The van der Waals surface area contributed by atoms with Crippen molar-refractivity contribution in [1.29, 1.82) is 0 Å². The van der Waals surface area contributed by atoms with E-state index >= 15 is 0 Å². The fourth-order valence-corrected chi connectivity index (χ4v) is 6.62. The first kappa shape index (κ1) is 14.0. The largest absolute Gasteiger partial charge is 0.379 e. The maximum atomic E-state index is 6.24. The number of benzene rings is 2. The highest BCUT2D eigenvalue weighted by molar-refractivity contribution is 8.20. The van der Waals surface area contributed by atoms with Crippen LogP contribution < -0.4 is 10.6 Å². The Morgan fingerprint density at radius 3 is 1.70 bits per heavy atom. The molecule has 2 aromatic carbocycles. The van der Waals surface area contributed by atoms with Crippen LogP contribution in [0.1, 0.15) is 0 Å². The van der Waals surface area contributed by atoms with Gasteiger partial charge >= 0.3 is 0 Å². The Hall–Kier alpha value is -0.990. The summed E-state index contributed by atoms with van der Waals surface area (Å²) in [6.45, 7) is 3.39. The highest BCUT2D eigenvalue weighted by Gasteiger charge is 2.30. The van der Waals surface area contributed by atoms with Gasteiger partial charge in [0, 0.05) is 23.7 Å². The molecule has 20 heavy (non-hydrogen) atoms. The van der Waals surface area contributed by atoms with Gasteiger partial charge in [0.15, 0.2) is 0 Å². The third-order valence-corrected chi connectivity index (χ3v) is 8.75. The van der Waals surface area contributed by atoms with E-state index in [0.717, 1.165) is 26.3 Å². The molecule has 3 rings (SSSR count). The van der Waals surface area contributed by atoms with Gasteiger partial charge in [-0.1, -0.05) is 72.5 Å². The van der Waals surface area contributed by atoms with Crippen LogP contribution in [0, 0.1) is 0 Å². The van der Waals surface area contributed by atoms with Gasteiger partial charge in [0.2, 0.25) is 0 Å². The third kappa shape index (κ3) is 2.59. The lowest BCUT2D eigenvalue weighted by Crippen LogP contribution is -2.39. The van der Waals surface area contributed by atoms with Crippen LogP contribution in [-0.4, -0.2) is 31.0 Å². The van der Waals surface area contributed by atoms with Crippen LogP contribution in [0.15, 0.2) is 60.7 Å². The molecule has 1 heterocycles. The summed E-state index contributed by atoms with van der Waals surface area (Å²) >= 11 is 6.24. The molecule has 1 saturated heterocycles. The van der Waals surface area contributed by atoms with Crippen LogP contribution in [0.2, 0.25) is 0 Å². The summed E-state index contributed by atoms with van der Waals surface area (Å²) < 4.78 is 7.95. The van der Waals surface area contributed by atoms with Crippen molar-refractivity contribution >= 4 is 28.6 Å². The zero-order valence-corrected chi connectivity index (χ0v) is 13.0. The highest BCUT2D eigenvalue weighted by Crippen LogP contribution is 2.47. The summed E-state index contributed by atoms with van der Waals surface area (Å²) in [7, 11) is 0. The summed E-state index contributed by atoms with van der Waals surface area (Å²) in [6, 6.07) is 21.1. The molecule has 4 heteroatoms. The Morgan fingerprint density at radius 2 is 1.25 bits per heavy atom. The Balaban J connectivity index is 2.10. The Morgan fingerprint density at radius 1 is 0.800 bits per heavy atom. The van der Waals surface area contributed by atoms with Crippen LogP contribution in [0.4, 0.5) is 0 Å². The average Bonchev–Trinajstić information content (AvgIpc) is 2.56. The molecule has 1 fully saturated rings. The standard InChI is InChI=1S/C16H18NOPS/c20-19(15-7-3-1-4-8-15,16-9-5-2-6-10-16)17-11-13-18-14-12-17/h1-10H,11-14H2. The Labute approximate surface area is 125 Å². The van der Waals surface area contributed by atoms with Crippen molar-refractivity contribution < 1.29 is 4.74 Å². The Kier molecular flexibility index (Phi) is 4.32. The summed E-state index contributed by atoms with van der Waals surface area (Å²) in [4.78, 5) is 0. The highest BCUT2D eigenvalue weighted by atomic mass is 32.4. The minimum atomic E-state index is -1.91. The molecule has 2 aromatic rings. The SMILES string of the molecule is S=P(c1ccccc1)(c1ccccc1)N1CCOCC1. The smallest absolute Gasteiger partial charge is 0.0711 e. The molecule has 0 radical (unpaired) electrons. The number of hydrogen-bond donors (Lipinski definition) is 0. The van der Waals surface area contributed by atoms with E-state index in [1.165, 1.54) is 10.6 Å². The molecule has 0 aromatic heterocycles. The molecule has 1 aliphatic rings. The van der Waals surface area contributed by atoms with Crippen molar-refractivity contribution in [3.8, 4) is 0 Å². The number of ether oxygens (including phenoxy) is 1. The van der Waals surface area contributed by atoms with Gasteiger partial charge in [0.25, 0.3) is 0 Å². The topological polar surface area (TPSA) is 12.5 Å². The van der Waals surface area contributed by atoms with Gasteiger partial charge in [0.05, 0.1) is 19.4 Å². The molecule has 0 bridgehead atoms. The first-order valence-electron chi connectivity index (χ1n) is 6.86. The molecule has 0 amide bonds. The first-order valence-corrected chi connectivity index (χ1v) is 9.62. The van der Waals surface area contributed by atoms with Gasteiger partial charge < -0.3 is 4.74 Å². The molecule has 0 atom stereocenters. The zero-order valence-electron chi connectivity index (χ0n) is 11.3. The van der Waals surface area contributed by atoms with Gasteiger partial charge in [-0.2, -0.15) is 0 Å². The molecular formula is C16H18NOPS. The maximum Gasteiger partial charge on any atom is 0.0711 e. The van der Waals surface area contributed by atoms with E-state index in [9.17, 15) is 0 Å². The lowest BCUT2D eigenvalue weighted by atomic mass is 10.4. The average molecular weight is 303 g/mol. The molecular weight excluding hydrogens is 285 g/mol. The Bertz CT molecular complexity index is 553. The lowest BCUT2D eigenvalue weighted by molar-refractivity contribution is 0.0754. The van der Waals surface area contributed by atoms with Crippen LogP contribution in [0.25, 0.3) is 0 Å². The molecule has 0 saturated carbocycles. The third-order valence-electron chi connectivity index (χ3n) is 3.60. The number of hydrogen-bond acceptors (Lipinski definition) is 2. The van der Waals surface area contributed by atoms with Crippen molar-refractivity contribution in [2.45, 2.75) is 0 Å². The normalized spacial score (nSPS) is 17.0. The molecule has 2 nitrogen and oxygen atoms in total. The van der Waals surface area contributed by atoms with Gasteiger partial charge in [-0.25, -0.2) is 0 Å². The minimum absolute atomic E-state index is 0.776. The van der Waals surface area contributed by atoms with Crippen LogP contribution in [0.5, 0.6) is 0 Å². The van der Waals surface area contributed by atoms with E-state index in [2.05, 4.69) is 53.2 Å².